The Balaban J connectivity index is 1.62. The number of carbonyl (C=O) groups is 2. The van der Waals surface area contributed by atoms with Crippen LogP contribution in [0.1, 0.15) is 15.9 Å². The highest BCUT2D eigenvalue weighted by molar-refractivity contribution is 6.02. The van der Waals surface area contributed by atoms with E-state index in [9.17, 15) is 9.59 Å². The Morgan fingerprint density at radius 1 is 1.19 bits per heavy atom. The van der Waals surface area contributed by atoms with E-state index >= 15 is 0 Å². The highest BCUT2D eigenvalue weighted by atomic mass is 16.5. The Morgan fingerprint density at radius 3 is 2.70 bits per heavy atom. The van der Waals surface area contributed by atoms with E-state index in [2.05, 4.69) is 4.98 Å². The maximum absolute atomic E-state index is 12.4. The SMILES string of the molecule is O=C(CO)c1ccc2c(c1)N(Cc1ccc(-n3ccnc3)cc1)C(=O)CO2. The molecule has 2 aromatic carbocycles. The number of ether oxygens (including phenoxy) is 1. The molecule has 0 unspecified atom stereocenters. The van der Waals surface area contributed by atoms with Crippen LogP contribution in [0.4, 0.5) is 5.69 Å². The van der Waals surface area contributed by atoms with Gasteiger partial charge in [-0.05, 0) is 35.9 Å². The molecular weight excluding hydrogens is 346 g/mol. The second-order valence-electron chi connectivity index (χ2n) is 6.17. The third kappa shape index (κ3) is 3.32. The summed E-state index contributed by atoms with van der Waals surface area (Å²) >= 11 is 0. The summed E-state index contributed by atoms with van der Waals surface area (Å²) in [6, 6.07) is 12.6. The van der Waals surface area contributed by atoms with Crippen molar-refractivity contribution in [1.29, 1.82) is 0 Å². The van der Waals surface area contributed by atoms with Crippen molar-refractivity contribution in [3.63, 3.8) is 0 Å². The van der Waals surface area contributed by atoms with Gasteiger partial charge in [0.05, 0.1) is 18.6 Å². The first kappa shape index (κ1) is 17.0. The third-order valence-electron chi connectivity index (χ3n) is 4.45. The predicted octanol–water partition coefficient (Wildman–Crippen LogP) is 1.97. The van der Waals surface area contributed by atoms with E-state index in [1.807, 2.05) is 35.0 Å². The predicted molar refractivity (Wildman–Crippen MR) is 98.1 cm³/mol. The summed E-state index contributed by atoms with van der Waals surface area (Å²) in [5, 5.41) is 9.08. The van der Waals surface area contributed by atoms with Crippen molar-refractivity contribution < 1.29 is 19.4 Å². The molecule has 0 saturated carbocycles. The molecule has 0 atom stereocenters. The molecule has 0 spiro atoms. The van der Waals surface area contributed by atoms with Crippen LogP contribution in [-0.4, -0.2) is 39.6 Å². The molecule has 0 saturated heterocycles. The van der Waals surface area contributed by atoms with E-state index < -0.39 is 12.4 Å². The lowest BCUT2D eigenvalue weighted by atomic mass is 10.1. The number of carbonyl (C=O) groups excluding carboxylic acids is 2. The molecule has 1 aliphatic heterocycles. The Kier molecular flexibility index (Phi) is 4.43. The van der Waals surface area contributed by atoms with Crippen molar-refractivity contribution in [3.05, 3.63) is 72.3 Å². The summed E-state index contributed by atoms with van der Waals surface area (Å²) < 4.78 is 7.36. The number of ketones is 1. The first-order chi connectivity index (χ1) is 13.2. The maximum Gasteiger partial charge on any atom is 0.265 e. The molecule has 0 fully saturated rings. The lowest BCUT2D eigenvalue weighted by Gasteiger charge is -2.30. The number of benzene rings is 2. The molecule has 0 bridgehead atoms. The topological polar surface area (TPSA) is 84.7 Å². The maximum atomic E-state index is 12.4. The van der Waals surface area contributed by atoms with Crippen molar-refractivity contribution in [2.75, 3.05) is 18.1 Å². The molecule has 3 aromatic rings. The second kappa shape index (κ2) is 7.05. The van der Waals surface area contributed by atoms with E-state index in [1.54, 1.807) is 35.6 Å². The largest absolute Gasteiger partial charge is 0.482 e. The summed E-state index contributed by atoms with van der Waals surface area (Å²) in [4.78, 5) is 29.8. The number of aliphatic hydroxyl groups excluding tert-OH is 1. The first-order valence-electron chi connectivity index (χ1n) is 8.44. The van der Waals surface area contributed by atoms with Crippen LogP contribution in [0.15, 0.2) is 61.2 Å². The number of aliphatic hydroxyl groups is 1. The Morgan fingerprint density at radius 2 is 2.00 bits per heavy atom. The second-order valence-corrected chi connectivity index (χ2v) is 6.17. The van der Waals surface area contributed by atoms with E-state index in [0.29, 0.717) is 23.5 Å². The minimum absolute atomic E-state index is 0.0482. The molecule has 136 valence electrons. The minimum atomic E-state index is -0.580. The van der Waals surface area contributed by atoms with Crippen LogP contribution in [0.25, 0.3) is 5.69 Å². The van der Waals surface area contributed by atoms with Gasteiger partial charge in [-0.15, -0.1) is 0 Å². The number of fused-ring (bicyclic) bond motifs is 1. The van der Waals surface area contributed by atoms with E-state index in [1.165, 1.54) is 0 Å². The van der Waals surface area contributed by atoms with Gasteiger partial charge in [0.15, 0.2) is 12.4 Å². The van der Waals surface area contributed by atoms with Crippen LogP contribution in [0.3, 0.4) is 0 Å². The number of aromatic nitrogens is 2. The highest BCUT2D eigenvalue weighted by Crippen LogP contribution is 2.34. The highest BCUT2D eigenvalue weighted by Gasteiger charge is 2.26. The van der Waals surface area contributed by atoms with Crippen LogP contribution in [0, 0.1) is 0 Å². The van der Waals surface area contributed by atoms with E-state index in [4.69, 9.17) is 9.84 Å². The van der Waals surface area contributed by atoms with Crippen molar-refractivity contribution >= 4 is 17.4 Å². The quantitative estimate of drug-likeness (QED) is 0.701. The van der Waals surface area contributed by atoms with Gasteiger partial charge in [-0.3, -0.25) is 9.59 Å². The van der Waals surface area contributed by atoms with Crippen LogP contribution >= 0.6 is 0 Å². The van der Waals surface area contributed by atoms with Gasteiger partial charge in [0.25, 0.3) is 5.91 Å². The lowest BCUT2D eigenvalue weighted by molar-refractivity contribution is -0.121. The molecule has 2 heterocycles. The number of Topliss-reactive ketones (excluding diaryl/α,β-unsaturated/α-hetero) is 1. The zero-order chi connectivity index (χ0) is 18.8. The van der Waals surface area contributed by atoms with E-state index in [-0.39, 0.29) is 12.5 Å². The molecule has 7 nitrogen and oxygen atoms in total. The number of hydrogen-bond donors (Lipinski definition) is 1. The van der Waals surface area contributed by atoms with Gasteiger partial charge in [0.2, 0.25) is 0 Å². The van der Waals surface area contributed by atoms with Crippen LogP contribution in [0.5, 0.6) is 5.75 Å². The fourth-order valence-electron chi connectivity index (χ4n) is 3.01. The van der Waals surface area contributed by atoms with Crippen LogP contribution in [-0.2, 0) is 11.3 Å². The Bertz CT molecular complexity index is 981. The summed E-state index contributed by atoms with van der Waals surface area (Å²) in [7, 11) is 0. The molecule has 1 N–H and O–H groups in total. The Hall–Kier alpha value is -3.45. The van der Waals surface area contributed by atoms with Gasteiger partial charge in [-0.2, -0.15) is 0 Å². The average molecular weight is 363 g/mol. The summed E-state index contributed by atoms with van der Waals surface area (Å²) in [6.07, 6.45) is 5.29. The standard InChI is InChI=1S/C20H17N3O4/c24-11-18(25)15-3-6-19-17(9-15)23(20(26)12-27-19)10-14-1-4-16(5-2-14)22-8-7-21-13-22/h1-9,13,24H,10-12H2. The summed E-state index contributed by atoms with van der Waals surface area (Å²) in [5.74, 6) is -0.0469. The van der Waals surface area contributed by atoms with Gasteiger partial charge in [0.1, 0.15) is 12.4 Å². The van der Waals surface area contributed by atoms with Crippen molar-refractivity contribution in [1.82, 2.24) is 9.55 Å². The van der Waals surface area contributed by atoms with Gasteiger partial charge in [0, 0.05) is 23.6 Å². The van der Waals surface area contributed by atoms with Gasteiger partial charge in [-0.25, -0.2) is 4.98 Å². The smallest absolute Gasteiger partial charge is 0.265 e. The molecular formula is C20H17N3O4. The number of amides is 1. The molecule has 4 rings (SSSR count). The number of anilines is 1. The zero-order valence-corrected chi connectivity index (χ0v) is 14.4. The minimum Gasteiger partial charge on any atom is -0.482 e. The number of hydrogen-bond acceptors (Lipinski definition) is 5. The zero-order valence-electron chi connectivity index (χ0n) is 14.4. The normalized spacial score (nSPS) is 13.2. The summed E-state index contributed by atoms with van der Waals surface area (Å²) in [5.41, 5.74) is 2.79. The van der Waals surface area contributed by atoms with Crippen molar-refractivity contribution in [2.24, 2.45) is 0 Å². The first-order valence-corrected chi connectivity index (χ1v) is 8.44. The number of rotatable bonds is 5. The van der Waals surface area contributed by atoms with Crippen LogP contribution in [0.2, 0.25) is 0 Å². The molecule has 0 radical (unpaired) electrons. The monoisotopic (exact) mass is 363 g/mol. The van der Waals surface area contributed by atoms with Gasteiger partial charge >= 0.3 is 0 Å². The average Bonchev–Trinajstić information content (AvgIpc) is 3.24. The summed E-state index contributed by atoms with van der Waals surface area (Å²) in [6.45, 7) is -0.271. The molecule has 1 aromatic heterocycles. The molecule has 0 aliphatic carbocycles. The number of imidazole rings is 1. The van der Waals surface area contributed by atoms with Crippen molar-refractivity contribution in [2.45, 2.75) is 6.54 Å². The molecule has 1 aliphatic rings. The lowest BCUT2D eigenvalue weighted by Crippen LogP contribution is -2.38. The van der Waals surface area contributed by atoms with Gasteiger partial charge in [-0.1, -0.05) is 12.1 Å². The van der Waals surface area contributed by atoms with Crippen LogP contribution < -0.4 is 9.64 Å². The molecule has 27 heavy (non-hydrogen) atoms. The molecule has 1 amide bonds. The third-order valence-corrected chi connectivity index (χ3v) is 4.45. The van der Waals surface area contributed by atoms with E-state index in [0.717, 1.165) is 11.3 Å². The number of nitrogens with zero attached hydrogens (tertiary/aromatic N) is 3. The van der Waals surface area contributed by atoms with Gasteiger partial charge < -0.3 is 19.3 Å². The Labute approximate surface area is 155 Å². The fourth-order valence-corrected chi connectivity index (χ4v) is 3.01. The van der Waals surface area contributed by atoms with Crippen molar-refractivity contribution in [3.8, 4) is 11.4 Å². The molecule has 7 heteroatoms. The fraction of sp³-hybridized carbons (Fsp3) is 0.150.